The molecular formula is C32H36F4N6O5. The van der Waals surface area contributed by atoms with Crippen molar-refractivity contribution >= 4 is 23.7 Å². The average molecular weight is 661 g/mol. The number of nitrogens with two attached hydrogens (primary N) is 1. The number of carbonyl (C=O) groups is 3. The standard InChI is InChI=1S/C16H19F2N3O3.C16H17F2N3O2/c1-8(2)21-15(23)10(14(22)20-16(21)24)4-6-13(19)9-3-5-11(17)12(18)7-9;1-8(2)21-15(22)10-4-6-13(19-14(10)20-16(21)23)9-3-5-11(17)12(18)7-9/h3,5,7-8,10,13H,4,6,19H2,1-2H3,(H,20,22,24);3,5,7-8,13,19H,4,6H2,1-2H3,(H,20,23)/t10?,13-;13-/m11/s1. The van der Waals surface area contributed by atoms with Crippen molar-refractivity contribution in [3.05, 3.63) is 97.2 Å². The average Bonchev–Trinajstić information content (AvgIpc) is 2.99. The van der Waals surface area contributed by atoms with Crippen molar-refractivity contribution < 1.29 is 31.9 Å². The second kappa shape index (κ2) is 14.3. The number of aromatic amines is 1. The van der Waals surface area contributed by atoms with Gasteiger partial charge in [-0.25, -0.2) is 27.2 Å². The number of hydrogen-bond acceptors (Lipinski definition) is 7. The minimum absolute atomic E-state index is 0.0985. The fourth-order valence-corrected chi connectivity index (χ4v) is 5.56. The minimum Gasteiger partial charge on any atom is -0.364 e. The van der Waals surface area contributed by atoms with E-state index in [9.17, 15) is 41.5 Å². The van der Waals surface area contributed by atoms with Crippen LogP contribution in [0.4, 0.5) is 28.2 Å². The Balaban J connectivity index is 0.000000213. The Hall–Kier alpha value is -4.79. The molecular weight excluding hydrogens is 624 g/mol. The molecule has 1 fully saturated rings. The number of nitrogens with zero attached hydrogens (tertiary/aromatic N) is 2. The summed E-state index contributed by atoms with van der Waals surface area (Å²) in [6, 6.07) is 4.72. The van der Waals surface area contributed by atoms with Gasteiger partial charge in [-0.3, -0.25) is 34.2 Å². The van der Waals surface area contributed by atoms with Gasteiger partial charge in [-0.2, -0.15) is 0 Å². The van der Waals surface area contributed by atoms with Crippen molar-refractivity contribution in [2.24, 2.45) is 11.7 Å². The zero-order chi connectivity index (χ0) is 34.7. The zero-order valence-corrected chi connectivity index (χ0v) is 26.2. The molecule has 1 unspecified atom stereocenters. The van der Waals surface area contributed by atoms with E-state index in [0.717, 1.165) is 29.2 Å². The Morgan fingerprint density at radius 1 is 0.872 bits per heavy atom. The van der Waals surface area contributed by atoms with Crippen LogP contribution in [0.15, 0.2) is 46.0 Å². The summed E-state index contributed by atoms with van der Waals surface area (Å²) < 4.78 is 53.8. The van der Waals surface area contributed by atoms with Crippen LogP contribution in [-0.2, 0) is 16.0 Å². The molecule has 2 aromatic carbocycles. The van der Waals surface area contributed by atoms with E-state index in [1.54, 1.807) is 27.7 Å². The summed E-state index contributed by atoms with van der Waals surface area (Å²) in [6.07, 6.45) is 1.31. The number of rotatable bonds is 7. The molecule has 15 heteroatoms. The molecule has 11 nitrogen and oxygen atoms in total. The number of hydrogen-bond donors (Lipinski definition) is 4. The predicted molar refractivity (Wildman–Crippen MR) is 164 cm³/mol. The zero-order valence-electron chi connectivity index (χ0n) is 26.2. The highest BCUT2D eigenvalue weighted by molar-refractivity contribution is 6.16. The van der Waals surface area contributed by atoms with Crippen LogP contribution in [-0.4, -0.2) is 38.3 Å². The van der Waals surface area contributed by atoms with E-state index in [1.165, 1.54) is 16.7 Å². The first-order valence-electron chi connectivity index (χ1n) is 15.1. The van der Waals surface area contributed by atoms with Gasteiger partial charge in [0, 0.05) is 18.1 Å². The molecule has 5 rings (SSSR count). The SMILES string of the molecule is CC(C)N1C(=O)NC(=O)C(CC[C@@H](N)c2ccc(F)c(F)c2)C1=O.CC(C)n1c(=O)[nH]c2c(c1=O)CC[C@H](c1ccc(F)c(F)c1)N2. The number of fused-ring (bicyclic) bond motifs is 1. The number of carbonyl (C=O) groups excluding carboxylic acids is 3. The molecule has 0 spiro atoms. The van der Waals surface area contributed by atoms with Crippen LogP contribution in [0, 0.1) is 29.2 Å². The van der Waals surface area contributed by atoms with Crippen LogP contribution in [0.5, 0.6) is 0 Å². The quantitative estimate of drug-likeness (QED) is 0.217. The summed E-state index contributed by atoms with van der Waals surface area (Å²) in [5, 5.41) is 5.20. The lowest BCUT2D eigenvalue weighted by Crippen LogP contribution is -2.59. The Labute approximate surface area is 267 Å². The highest BCUT2D eigenvalue weighted by Gasteiger charge is 2.41. The number of aromatic nitrogens is 2. The minimum atomic E-state index is -1.03. The smallest absolute Gasteiger partial charge is 0.331 e. The van der Waals surface area contributed by atoms with Crippen molar-refractivity contribution in [1.82, 2.24) is 19.8 Å². The van der Waals surface area contributed by atoms with Gasteiger partial charge >= 0.3 is 11.7 Å². The molecule has 0 aliphatic carbocycles. The third-order valence-electron chi connectivity index (χ3n) is 8.05. The van der Waals surface area contributed by atoms with E-state index in [-0.39, 0.29) is 36.5 Å². The van der Waals surface area contributed by atoms with Crippen molar-refractivity contribution in [3.8, 4) is 0 Å². The molecule has 1 aromatic heterocycles. The number of amides is 4. The van der Waals surface area contributed by atoms with Crippen LogP contribution in [0.25, 0.3) is 0 Å². The Bertz CT molecular complexity index is 1810. The Morgan fingerprint density at radius 2 is 1.51 bits per heavy atom. The van der Waals surface area contributed by atoms with E-state index in [0.29, 0.717) is 35.3 Å². The maximum Gasteiger partial charge on any atom is 0.331 e. The van der Waals surface area contributed by atoms with Crippen molar-refractivity contribution in [2.45, 2.75) is 77.5 Å². The third kappa shape index (κ3) is 7.62. The van der Waals surface area contributed by atoms with Gasteiger partial charge in [0.05, 0.1) is 11.6 Å². The number of imide groups is 2. The Kier molecular flexibility index (Phi) is 10.7. The summed E-state index contributed by atoms with van der Waals surface area (Å²) >= 11 is 0. The number of barbiturate groups is 1. The van der Waals surface area contributed by atoms with Crippen molar-refractivity contribution in [2.75, 3.05) is 5.32 Å². The van der Waals surface area contributed by atoms with E-state index >= 15 is 0 Å². The molecule has 47 heavy (non-hydrogen) atoms. The van der Waals surface area contributed by atoms with Gasteiger partial charge in [0.15, 0.2) is 23.3 Å². The monoisotopic (exact) mass is 660 g/mol. The van der Waals surface area contributed by atoms with Crippen LogP contribution in [0.3, 0.4) is 0 Å². The van der Waals surface area contributed by atoms with Gasteiger partial charge in [-0.05, 0) is 88.8 Å². The Morgan fingerprint density at radius 3 is 2.11 bits per heavy atom. The van der Waals surface area contributed by atoms with E-state index in [2.05, 4.69) is 15.6 Å². The lowest BCUT2D eigenvalue weighted by Gasteiger charge is -2.33. The first-order valence-corrected chi connectivity index (χ1v) is 15.1. The summed E-state index contributed by atoms with van der Waals surface area (Å²) in [7, 11) is 0. The topological polar surface area (TPSA) is 159 Å². The van der Waals surface area contributed by atoms with Gasteiger partial charge < -0.3 is 11.1 Å². The van der Waals surface area contributed by atoms with Crippen LogP contribution in [0.2, 0.25) is 0 Å². The summed E-state index contributed by atoms with van der Waals surface area (Å²) in [5.74, 6) is -5.71. The molecule has 3 atom stereocenters. The number of halogens is 4. The summed E-state index contributed by atoms with van der Waals surface area (Å²) in [5.41, 5.74) is 6.59. The van der Waals surface area contributed by atoms with Gasteiger partial charge in [-0.15, -0.1) is 0 Å². The lowest BCUT2D eigenvalue weighted by atomic mass is 9.93. The summed E-state index contributed by atoms with van der Waals surface area (Å²) in [6.45, 7) is 6.86. The molecule has 0 radical (unpaired) electrons. The van der Waals surface area contributed by atoms with Crippen LogP contribution >= 0.6 is 0 Å². The fourth-order valence-electron chi connectivity index (χ4n) is 5.56. The molecule has 3 heterocycles. The summed E-state index contributed by atoms with van der Waals surface area (Å²) in [4.78, 5) is 64.1. The highest BCUT2D eigenvalue weighted by Crippen LogP contribution is 2.30. The maximum atomic E-state index is 13.4. The van der Waals surface area contributed by atoms with E-state index < -0.39 is 58.8 Å². The fraction of sp³-hybridized carbons (Fsp3) is 0.406. The number of benzene rings is 2. The molecule has 3 aromatic rings. The number of H-pyrrole nitrogens is 1. The van der Waals surface area contributed by atoms with Crippen LogP contribution < -0.4 is 27.6 Å². The molecule has 1 saturated heterocycles. The second-order valence-electron chi connectivity index (χ2n) is 12.0. The molecule has 5 N–H and O–H groups in total. The molecule has 2 aliphatic rings. The number of urea groups is 1. The third-order valence-corrected chi connectivity index (χ3v) is 8.05. The molecule has 2 aliphatic heterocycles. The van der Waals surface area contributed by atoms with Gasteiger partial charge in [-0.1, -0.05) is 12.1 Å². The lowest BCUT2D eigenvalue weighted by molar-refractivity contribution is -0.144. The highest BCUT2D eigenvalue weighted by atomic mass is 19.2. The molecule has 252 valence electrons. The van der Waals surface area contributed by atoms with Crippen LogP contribution in [0.1, 0.15) is 81.8 Å². The molecule has 4 amide bonds. The van der Waals surface area contributed by atoms with Gasteiger partial charge in [0.1, 0.15) is 11.7 Å². The predicted octanol–water partition coefficient (Wildman–Crippen LogP) is 4.34. The second-order valence-corrected chi connectivity index (χ2v) is 12.0. The first-order chi connectivity index (χ1) is 22.1. The molecule has 0 bridgehead atoms. The maximum absolute atomic E-state index is 13.4. The number of anilines is 1. The molecule has 0 saturated carbocycles. The van der Waals surface area contributed by atoms with E-state index in [4.69, 9.17) is 5.73 Å². The van der Waals surface area contributed by atoms with Gasteiger partial charge in [0.2, 0.25) is 11.8 Å². The largest absolute Gasteiger partial charge is 0.364 e. The van der Waals surface area contributed by atoms with Crippen molar-refractivity contribution in [3.63, 3.8) is 0 Å². The van der Waals surface area contributed by atoms with E-state index in [1.807, 2.05) is 0 Å². The van der Waals surface area contributed by atoms with Gasteiger partial charge in [0.25, 0.3) is 5.56 Å². The van der Waals surface area contributed by atoms with Crippen molar-refractivity contribution in [1.29, 1.82) is 0 Å². The first kappa shape index (κ1) is 35.1. The number of nitrogens with one attached hydrogen (secondary N) is 3. The normalized spacial score (nSPS) is 18.4.